The number of alkyl halides is 3. The maximum atomic E-state index is 13.4. The molecule has 4 N–H and O–H groups in total. The van der Waals surface area contributed by atoms with Gasteiger partial charge in [-0.15, -0.1) is 0 Å². The summed E-state index contributed by atoms with van der Waals surface area (Å²) < 4.78 is 58.9. The van der Waals surface area contributed by atoms with Crippen LogP contribution in [-0.4, -0.2) is 22.6 Å². The molecule has 2 aromatic carbocycles. The van der Waals surface area contributed by atoms with Crippen LogP contribution in [0.15, 0.2) is 54.7 Å². The predicted octanol–water partition coefficient (Wildman–Crippen LogP) is 4.56. The van der Waals surface area contributed by atoms with Crippen LogP contribution in [0.2, 0.25) is 0 Å². The zero-order valence-corrected chi connectivity index (χ0v) is 18.4. The third-order valence-corrected chi connectivity index (χ3v) is 4.55. The van der Waals surface area contributed by atoms with Crippen LogP contribution in [0.3, 0.4) is 0 Å². The van der Waals surface area contributed by atoms with Gasteiger partial charge in [0.2, 0.25) is 5.91 Å². The van der Waals surface area contributed by atoms with Crippen molar-refractivity contribution in [1.82, 2.24) is 15.8 Å². The molecule has 12 heteroatoms. The minimum Gasteiger partial charge on any atom is -0.456 e. The summed E-state index contributed by atoms with van der Waals surface area (Å²) in [5.74, 6) is -2.37. The molecular formula is C23H19F4N5O3. The quantitative estimate of drug-likeness (QED) is 0.182. The monoisotopic (exact) mass is 489 g/mol. The average molecular weight is 489 g/mol. The van der Waals surface area contributed by atoms with Gasteiger partial charge in [0.15, 0.2) is 5.84 Å². The Balaban J connectivity index is 1.91. The number of amidine groups is 1. The standard InChI is InChI=1S/C23H19F4N5O3/c1-12-9-15(24)4-6-19(12)35-20-10-14(23(25,26)27)3-5-17(20)22(34)30-16-7-8-29-18(11-16)21(28)32-31-13(2)33/h3-11H,1-2H3,(H2,28,32)(H,31,33)(H,29,30,34). The molecule has 8 nitrogen and oxygen atoms in total. The number of halogens is 4. The molecule has 35 heavy (non-hydrogen) atoms. The average Bonchev–Trinajstić information content (AvgIpc) is 2.78. The predicted molar refractivity (Wildman–Crippen MR) is 119 cm³/mol. The first-order valence-corrected chi connectivity index (χ1v) is 9.98. The molecule has 0 atom stereocenters. The fourth-order valence-corrected chi connectivity index (χ4v) is 2.87. The van der Waals surface area contributed by atoms with Crippen LogP contribution in [0, 0.1) is 18.2 Å². The van der Waals surface area contributed by atoms with Gasteiger partial charge < -0.3 is 10.1 Å². The number of hydrogen-bond acceptors (Lipinski definition) is 5. The van der Waals surface area contributed by atoms with E-state index in [4.69, 9.17) is 10.1 Å². The SMILES string of the molecule is CC(=O)NNC(=N)c1cc(NC(=O)c2ccc(C(F)(F)F)cc2Oc2ccc(F)cc2C)ccn1. The first kappa shape index (κ1) is 25.1. The minimum absolute atomic E-state index is 0.0716. The lowest BCUT2D eigenvalue weighted by molar-refractivity contribution is -0.137. The molecule has 0 bridgehead atoms. The summed E-state index contributed by atoms with van der Waals surface area (Å²) in [7, 11) is 0. The van der Waals surface area contributed by atoms with Crippen molar-refractivity contribution in [3.8, 4) is 11.5 Å². The third kappa shape index (κ3) is 6.53. The largest absolute Gasteiger partial charge is 0.456 e. The second-order valence-electron chi connectivity index (χ2n) is 7.29. The highest BCUT2D eigenvalue weighted by Crippen LogP contribution is 2.36. The van der Waals surface area contributed by atoms with Gasteiger partial charge in [0.25, 0.3) is 5.91 Å². The number of amides is 2. The Labute approximate surface area is 196 Å². The number of hydrazine groups is 1. The molecule has 0 spiro atoms. The van der Waals surface area contributed by atoms with Crippen molar-refractivity contribution in [3.05, 3.63) is 82.9 Å². The van der Waals surface area contributed by atoms with Gasteiger partial charge in [0, 0.05) is 18.8 Å². The van der Waals surface area contributed by atoms with Crippen LogP contribution < -0.4 is 20.9 Å². The second-order valence-corrected chi connectivity index (χ2v) is 7.29. The number of hydrogen-bond donors (Lipinski definition) is 4. The maximum absolute atomic E-state index is 13.4. The topological polar surface area (TPSA) is 116 Å². The van der Waals surface area contributed by atoms with Gasteiger partial charge in [-0.05, 0) is 61.0 Å². The molecule has 1 heterocycles. The number of aryl methyl sites for hydroxylation is 1. The lowest BCUT2D eigenvalue weighted by Gasteiger charge is -2.16. The van der Waals surface area contributed by atoms with Gasteiger partial charge in [-0.25, -0.2) is 4.39 Å². The van der Waals surface area contributed by atoms with Crippen LogP contribution in [0.25, 0.3) is 0 Å². The van der Waals surface area contributed by atoms with E-state index in [2.05, 4.69) is 21.2 Å². The van der Waals surface area contributed by atoms with E-state index in [1.165, 1.54) is 38.2 Å². The van der Waals surface area contributed by atoms with E-state index in [0.29, 0.717) is 11.6 Å². The number of benzene rings is 2. The Bertz CT molecular complexity index is 1290. The smallest absolute Gasteiger partial charge is 0.416 e. The number of carbonyl (C=O) groups excluding carboxylic acids is 2. The second kappa shape index (κ2) is 10.2. The van der Waals surface area contributed by atoms with Crippen molar-refractivity contribution in [2.24, 2.45) is 0 Å². The first-order chi connectivity index (χ1) is 16.4. The molecule has 0 radical (unpaired) electrons. The molecule has 0 aliphatic carbocycles. The van der Waals surface area contributed by atoms with Crippen LogP contribution >= 0.6 is 0 Å². The molecule has 3 aromatic rings. The summed E-state index contributed by atoms with van der Waals surface area (Å²) in [6.07, 6.45) is -3.40. The molecule has 0 fully saturated rings. The zero-order valence-electron chi connectivity index (χ0n) is 18.4. The molecule has 182 valence electrons. The van der Waals surface area contributed by atoms with E-state index in [-0.39, 0.29) is 34.3 Å². The maximum Gasteiger partial charge on any atom is 0.416 e. The van der Waals surface area contributed by atoms with E-state index >= 15 is 0 Å². The molecule has 1 aromatic heterocycles. The Morgan fingerprint density at radius 3 is 2.40 bits per heavy atom. The van der Waals surface area contributed by atoms with Gasteiger partial charge in [-0.2, -0.15) is 13.2 Å². The van der Waals surface area contributed by atoms with Gasteiger partial charge in [-0.1, -0.05) is 0 Å². The van der Waals surface area contributed by atoms with Crippen molar-refractivity contribution >= 4 is 23.3 Å². The van der Waals surface area contributed by atoms with Gasteiger partial charge in [0.05, 0.1) is 11.1 Å². The van der Waals surface area contributed by atoms with Crippen molar-refractivity contribution in [3.63, 3.8) is 0 Å². The minimum atomic E-state index is -4.69. The third-order valence-electron chi connectivity index (χ3n) is 4.55. The summed E-state index contributed by atoms with van der Waals surface area (Å²) in [5, 5.41) is 10.4. The molecule has 0 saturated heterocycles. The molecule has 3 rings (SSSR count). The highest BCUT2D eigenvalue weighted by Gasteiger charge is 2.32. The van der Waals surface area contributed by atoms with Gasteiger partial charge in [0.1, 0.15) is 23.0 Å². The van der Waals surface area contributed by atoms with Crippen LogP contribution in [0.1, 0.15) is 34.1 Å². The number of carbonyl (C=O) groups is 2. The van der Waals surface area contributed by atoms with Gasteiger partial charge in [-0.3, -0.25) is 30.8 Å². The van der Waals surface area contributed by atoms with Crippen molar-refractivity contribution in [1.29, 1.82) is 5.41 Å². The van der Waals surface area contributed by atoms with E-state index in [0.717, 1.165) is 24.3 Å². The number of nitrogens with zero attached hydrogens (tertiary/aromatic N) is 1. The fourth-order valence-electron chi connectivity index (χ4n) is 2.87. The number of rotatable bonds is 5. The Hall–Kier alpha value is -4.48. The van der Waals surface area contributed by atoms with Crippen LogP contribution in [0.4, 0.5) is 23.2 Å². The van der Waals surface area contributed by atoms with E-state index < -0.39 is 29.4 Å². The number of anilines is 1. The Morgan fingerprint density at radius 2 is 1.74 bits per heavy atom. The van der Waals surface area contributed by atoms with E-state index in [9.17, 15) is 27.2 Å². The number of ether oxygens (including phenoxy) is 1. The van der Waals surface area contributed by atoms with Crippen molar-refractivity contribution in [2.45, 2.75) is 20.0 Å². The van der Waals surface area contributed by atoms with E-state index in [1.54, 1.807) is 0 Å². The van der Waals surface area contributed by atoms with Gasteiger partial charge >= 0.3 is 6.18 Å². The normalized spacial score (nSPS) is 10.9. The van der Waals surface area contributed by atoms with E-state index in [1.807, 2.05) is 0 Å². The fraction of sp³-hybridized carbons (Fsp3) is 0.130. The molecule has 0 aliphatic heterocycles. The summed E-state index contributed by atoms with van der Waals surface area (Å²) in [6, 6.07) is 8.59. The lowest BCUT2D eigenvalue weighted by Crippen LogP contribution is -2.40. The summed E-state index contributed by atoms with van der Waals surface area (Å²) in [6.45, 7) is 2.75. The number of nitrogens with one attached hydrogen (secondary N) is 4. The Morgan fingerprint density at radius 1 is 1.00 bits per heavy atom. The highest BCUT2D eigenvalue weighted by atomic mass is 19.4. The Kier molecular flexibility index (Phi) is 7.33. The molecular weight excluding hydrogens is 470 g/mol. The lowest BCUT2D eigenvalue weighted by atomic mass is 10.1. The van der Waals surface area contributed by atoms with Crippen molar-refractivity contribution in [2.75, 3.05) is 5.32 Å². The highest BCUT2D eigenvalue weighted by molar-refractivity contribution is 6.07. The zero-order chi connectivity index (χ0) is 25.8. The first-order valence-electron chi connectivity index (χ1n) is 9.98. The van der Waals surface area contributed by atoms with Crippen molar-refractivity contribution < 1.29 is 31.9 Å². The van der Waals surface area contributed by atoms with Crippen LogP contribution in [-0.2, 0) is 11.0 Å². The molecule has 0 aliphatic rings. The molecule has 0 unspecified atom stereocenters. The van der Waals surface area contributed by atoms with Crippen LogP contribution in [0.5, 0.6) is 11.5 Å². The summed E-state index contributed by atoms with van der Waals surface area (Å²) in [4.78, 5) is 27.9. The molecule has 2 amide bonds. The number of pyridine rings is 1. The summed E-state index contributed by atoms with van der Waals surface area (Å²) in [5.41, 5.74) is 3.86. The molecule has 0 saturated carbocycles. The summed E-state index contributed by atoms with van der Waals surface area (Å²) >= 11 is 0. The number of aromatic nitrogens is 1.